The third kappa shape index (κ3) is 4.41. The molecule has 0 unspecified atom stereocenters. The summed E-state index contributed by atoms with van der Waals surface area (Å²) in [4.78, 5) is 8.41. The van der Waals surface area contributed by atoms with Crippen LogP contribution in [0.15, 0.2) is 119 Å². The Hall–Kier alpha value is -4.20. The summed E-state index contributed by atoms with van der Waals surface area (Å²) in [5.74, 6) is 0. The first kappa shape index (κ1) is 26.0. The maximum Gasteiger partial charge on any atom is 0.312 e. The van der Waals surface area contributed by atoms with Crippen LogP contribution in [0.1, 0.15) is 0 Å². The zero-order valence-corrected chi connectivity index (χ0v) is 23.9. The Kier molecular flexibility index (Phi) is 6.56. The first-order valence-electron chi connectivity index (χ1n) is 12.2. The van der Waals surface area contributed by atoms with Crippen molar-refractivity contribution in [1.29, 1.82) is 0 Å². The number of pyridine rings is 2. The van der Waals surface area contributed by atoms with Crippen LogP contribution in [0.3, 0.4) is 0 Å². The molecule has 1 aliphatic rings. The molecule has 0 saturated carbocycles. The summed E-state index contributed by atoms with van der Waals surface area (Å²) in [7, 11) is -4.11. The molecule has 7 aromatic rings. The Labute approximate surface area is 243 Å². The van der Waals surface area contributed by atoms with Gasteiger partial charge in [-0.15, -0.1) is 23.8 Å². The molecule has 4 aromatic carbocycles. The van der Waals surface area contributed by atoms with Crippen molar-refractivity contribution < 1.29 is 37.5 Å². The van der Waals surface area contributed by atoms with Crippen molar-refractivity contribution in [1.82, 2.24) is 9.97 Å². The minimum absolute atomic E-state index is 0. The Morgan fingerprint density at radius 2 is 1.45 bits per heavy atom. The van der Waals surface area contributed by atoms with E-state index in [0.29, 0.717) is 0 Å². The molecule has 0 spiro atoms. The number of fused-ring (bicyclic) bond motifs is 6. The molecule has 8 rings (SSSR count). The van der Waals surface area contributed by atoms with Gasteiger partial charge in [-0.05, 0) is 52.2 Å². The summed E-state index contributed by atoms with van der Waals surface area (Å²) in [5, 5.41) is 3.14. The average molecular weight is 720 g/mol. The monoisotopic (exact) mass is 720 g/mol. The topological polar surface area (TPSA) is 93.3 Å². The summed E-state index contributed by atoms with van der Waals surface area (Å²) in [6, 6.07) is 37.1. The molecule has 0 saturated heterocycles. The van der Waals surface area contributed by atoms with Crippen molar-refractivity contribution in [2.75, 3.05) is 0 Å². The van der Waals surface area contributed by atoms with E-state index in [1.54, 1.807) is 6.07 Å². The van der Waals surface area contributed by atoms with Gasteiger partial charge in [-0.3, -0.25) is 9.54 Å². The molecule has 1 aliphatic carbocycles. The van der Waals surface area contributed by atoms with Gasteiger partial charge in [-0.2, -0.15) is 8.42 Å². The van der Waals surface area contributed by atoms with Crippen LogP contribution >= 0.6 is 0 Å². The SMILES string of the molecule is O=S(=O)(O)c1ccccn1.[Ir].[c-]1cc2oc3ccccc3c2cc1-c1cc2c3c(cccc3n1)-c1ccccc1-2. The normalized spacial score (nSPS) is 11.6. The molecule has 0 fully saturated rings. The minimum atomic E-state index is -4.11. The number of aromatic nitrogens is 2. The van der Waals surface area contributed by atoms with Gasteiger partial charge in [0.25, 0.3) is 0 Å². The zero-order valence-electron chi connectivity index (χ0n) is 20.7. The number of benzene rings is 4. The van der Waals surface area contributed by atoms with Gasteiger partial charge in [0.15, 0.2) is 5.03 Å². The van der Waals surface area contributed by atoms with Gasteiger partial charge in [-0.25, -0.2) is 4.98 Å². The van der Waals surface area contributed by atoms with E-state index in [2.05, 4.69) is 71.7 Å². The first-order chi connectivity index (χ1) is 19.0. The molecule has 0 aliphatic heterocycles. The second-order valence-corrected chi connectivity index (χ2v) is 10.5. The molecule has 1 N–H and O–H groups in total. The van der Waals surface area contributed by atoms with Crippen LogP contribution in [0.5, 0.6) is 0 Å². The third-order valence-electron chi connectivity index (χ3n) is 6.83. The molecule has 0 atom stereocenters. The second kappa shape index (κ2) is 10.1. The average Bonchev–Trinajstić information content (AvgIpc) is 3.50. The molecule has 0 bridgehead atoms. The fourth-order valence-corrected chi connectivity index (χ4v) is 5.58. The largest absolute Gasteiger partial charge is 0.500 e. The van der Waals surface area contributed by atoms with E-state index in [1.165, 1.54) is 46.0 Å². The molecule has 6 nitrogen and oxygen atoms in total. The molecule has 1 radical (unpaired) electrons. The third-order valence-corrected chi connectivity index (χ3v) is 7.60. The van der Waals surface area contributed by atoms with Crippen molar-refractivity contribution in [3.8, 4) is 33.5 Å². The zero-order chi connectivity index (χ0) is 26.6. The van der Waals surface area contributed by atoms with Gasteiger partial charge >= 0.3 is 10.1 Å². The van der Waals surface area contributed by atoms with E-state index < -0.39 is 10.1 Å². The molecular weight excluding hydrogens is 701 g/mol. The summed E-state index contributed by atoms with van der Waals surface area (Å²) in [5.41, 5.74) is 9.78. The molecule has 8 heteroatoms. The van der Waals surface area contributed by atoms with Crippen molar-refractivity contribution in [3.63, 3.8) is 0 Å². The van der Waals surface area contributed by atoms with Gasteiger partial charge in [-0.1, -0.05) is 72.1 Å². The maximum atomic E-state index is 10.3. The maximum absolute atomic E-state index is 10.3. The minimum Gasteiger partial charge on any atom is -0.500 e. The van der Waals surface area contributed by atoms with E-state index in [1.807, 2.05) is 24.3 Å². The Bertz CT molecular complexity index is 2160. The predicted octanol–water partition coefficient (Wildman–Crippen LogP) is 7.57. The molecule has 197 valence electrons. The van der Waals surface area contributed by atoms with Gasteiger partial charge < -0.3 is 4.42 Å². The van der Waals surface area contributed by atoms with Crippen LogP contribution in [0, 0.1) is 6.07 Å². The van der Waals surface area contributed by atoms with Crippen LogP contribution in [0.2, 0.25) is 0 Å². The van der Waals surface area contributed by atoms with Crippen molar-refractivity contribution >= 4 is 43.0 Å². The van der Waals surface area contributed by atoms with E-state index >= 15 is 0 Å². The number of nitrogens with zero attached hydrogens (tertiary/aromatic N) is 2. The second-order valence-electron chi connectivity index (χ2n) is 9.17. The fraction of sp³-hybridized carbons (Fsp3) is 0. The molecule has 3 aromatic heterocycles. The van der Waals surface area contributed by atoms with Crippen LogP contribution in [0.25, 0.3) is 66.4 Å². The van der Waals surface area contributed by atoms with Gasteiger partial charge in [0, 0.05) is 37.1 Å². The Morgan fingerprint density at radius 1 is 0.725 bits per heavy atom. The number of para-hydroxylation sites is 1. The number of hydrogen-bond acceptors (Lipinski definition) is 5. The van der Waals surface area contributed by atoms with Crippen molar-refractivity contribution in [3.05, 3.63) is 115 Å². The smallest absolute Gasteiger partial charge is 0.312 e. The van der Waals surface area contributed by atoms with Crippen molar-refractivity contribution in [2.24, 2.45) is 0 Å². The predicted molar refractivity (Wildman–Crippen MR) is 152 cm³/mol. The van der Waals surface area contributed by atoms with Crippen LogP contribution in [-0.4, -0.2) is 22.9 Å². The first-order valence-corrected chi connectivity index (χ1v) is 13.7. The summed E-state index contributed by atoms with van der Waals surface area (Å²) in [6.07, 6.45) is 1.29. The van der Waals surface area contributed by atoms with Crippen LogP contribution < -0.4 is 0 Å². The van der Waals surface area contributed by atoms with E-state index in [4.69, 9.17) is 14.0 Å². The van der Waals surface area contributed by atoms with Crippen molar-refractivity contribution in [2.45, 2.75) is 5.03 Å². The van der Waals surface area contributed by atoms with E-state index in [-0.39, 0.29) is 25.1 Å². The van der Waals surface area contributed by atoms with Crippen LogP contribution in [0.4, 0.5) is 0 Å². The van der Waals surface area contributed by atoms with Gasteiger partial charge in [0.2, 0.25) is 0 Å². The van der Waals surface area contributed by atoms with E-state index in [9.17, 15) is 8.42 Å². The quantitative estimate of drug-likeness (QED) is 0.146. The number of rotatable bonds is 2. The van der Waals surface area contributed by atoms with E-state index in [0.717, 1.165) is 38.7 Å². The fourth-order valence-electron chi connectivity index (χ4n) is 5.13. The van der Waals surface area contributed by atoms with Gasteiger partial charge in [0.05, 0.1) is 11.1 Å². The summed E-state index contributed by atoms with van der Waals surface area (Å²) in [6.45, 7) is 0. The summed E-state index contributed by atoms with van der Waals surface area (Å²) >= 11 is 0. The molecular formula is C32H19IrN2O4S-. The Balaban J connectivity index is 0.000000226. The Morgan fingerprint density at radius 3 is 2.20 bits per heavy atom. The van der Waals surface area contributed by atoms with Gasteiger partial charge in [0.1, 0.15) is 5.58 Å². The standard InChI is InChI=1S/C27H14NO.C5H5NO3S.Ir/c1-2-7-18-17(6-1)20-9-5-10-23-27(20)22(18)15-24(28-23)16-12-13-26-21(14-16)19-8-3-4-11-25(19)29-26;7-10(8,9)5-3-1-2-4-6-5;/h1-11,13-15H;1-4H,(H,7,8,9);/q-1;;. The summed E-state index contributed by atoms with van der Waals surface area (Å²) < 4.78 is 35.0. The van der Waals surface area contributed by atoms with Crippen LogP contribution in [-0.2, 0) is 30.2 Å². The number of hydrogen-bond donors (Lipinski definition) is 1. The molecule has 0 amide bonds. The number of furan rings is 1. The molecule has 3 heterocycles. The molecule has 40 heavy (non-hydrogen) atoms.